The van der Waals surface area contributed by atoms with E-state index in [4.69, 9.17) is 46.4 Å². The maximum absolute atomic E-state index is 13.4. The van der Waals surface area contributed by atoms with E-state index < -0.39 is 17.5 Å². The van der Waals surface area contributed by atoms with Gasteiger partial charge in [0.15, 0.2) is 11.6 Å². The van der Waals surface area contributed by atoms with E-state index in [0.29, 0.717) is 48.2 Å². The molecule has 0 aliphatic rings. The van der Waals surface area contributed by atoms with Crippen LogP contribution < -0.4 is 5.32 Å². The molecule has 1 aromatic heterocycles. The Balaban J connectivity index is 1.63. The molecule has 174 valence electrons. The second-order valence-corrected chi connectivity index (χ2v) is 8.89. The SMILES string of the molecule is O=C(Cn1nc(-c2ccc(Cl)cc2Cl)c(-c2ccc(Cl)cc2Cl)n1)NCc1ccc(F)c(F)c1. The maximum atomic E-state index is 13.4. The standard InChI is InChI=1S/C23H14Cl4F2N4O/c24-13-2-4-15(17(26)8-13)22-23(16-5-3-14(25)9-18(16)27)32-33(31-22)11-21(34)30-10-12-1-6-19(28)20(29)7-12/h1-9H,10-11H2,(H,30,34). The Morgan fingerprint density at radius 3 is 1.85 bits per heavy atom. The summed E-state index contributed by atoms with van der Waals surface area (Å²) in [6, 6.07) is 13.2. The molecule has 4 aromatic rings. The molecule has 0 spiro atoms. The first-order valence-corrected chi connectivity index (χ1v) is 11.3. The maximum Gasteiger partial charge on any atom is 0.243 e. The minimum absolute atomic E-state index is 0.00302. The number of carbonyl (C=O) groups excluding carboxylic acids is 1. The Kier molecular flexibility index (Phi) is 7.38. The van der Waals surface area contributed by atoms with Gasteiger partial charge < -0.3 is 5.32 Å². The van der Waals surface area contributed by atoms with Gasteiger partial charge in [0.1, 0.15) is 17.9 Å². The normalized spacial score (nSPS) is 11.0. The highest BCUT2D eigenvalue weighted by molar-refractivity contribution is 6.37. The highest BCUT2D eigenvalue weighted by atomic mass is 35.5. The van der Waals surface area contributed by atoms with Gasteiger partial charge in [-0.1, -0.05) is 52.5 Å². The van der Waals surface area contributed by atoms with Crippen LogP contribution in [0.2, 0.25) is 20.1 Å². The van der Waals surface area contributed by atoms with Crippen LogP contribution in [-0.2, 0) is 17.9 Å². The van der Waals surface area contributed by atoms with Crippen molar-refractivity contribution in [1.82, 2.24) is 20.3 Å². The Morgan fingerprint density at radius 1 is 0.794 bits per heavy atom. The van der Waals surface area contributed by atoms with Crippen LogP contribution in [0.1, 0.15) is 5.56 Å². The third-order valence-electron chi connectivity index (χ3n) is 4.79. The van der Waals surface area contributed by atoms with E-state index in [1.165, 1.54) is 10.9 Å². The van der Waals surface area contributed by atoms with Crippen molar-refractivity contribution < 1.29 is 13.6 Å². The van der Waals surface area contributed by atoms with Crippen LogP contribution in [0.4, 0.5) is 8.78 Å². The summed E-state index contributed by atoms with van der Waals surface area (Å²) in [5.41, 5.74) is 2.27. The number of amides is 1. The molecule has 1 N–H and O–H groups in total. The quantitative estimate of drug-likeness (QED) is 0.291. The molecule has 0 fully saturated rings. The molecule has 4 rings (SSSR count). The highest BCUT2D eigenvalue weighted by Crippen LogP contribution is 2.38. The van der Waals surface area contributed by atoms with Gasteiger partial charge in [0.05, 0.1) is 10.0 Å². The van der Waals surface area contributed by atoms with Gasteiger partial charge in [0.25, 0.3) is 0 Å². The lowest BCUT2D eigenvalue weighted by Crippen LogP contribution is -2.28. The molecular weight excluding hydrogens is 528 g/mol. The van der Waals surface area contributed by atoms with Crippen LogP contribution in [0.3, 0.4) is 0 Å². The average molecular weight is 542 g/mol. The molecular formula is C23H14Cl4F2N4O. The Labute approximate surface area is 213 Å². The van der Waals surface area contributed by atoms with E-state index in [1.54, 1.807) is 36.4 Å². The summed E-state index contributed by atoms with van der Waals surface area (Å²) in [5, 5.41) is 13.1. The summed E-state index contributed by atoms with van der Waals surface area (Å²) < 4.78 is 26.5. The van der Waals surface area contributed by atoms with Gasteiger partial charge in [-0.2, -0.15) is 15.0 Å². The molecule has 5 nitrogen and oxygen atoms in total. The molecule has 0 bridgehead atoms. The molecule has 3 aromatic carbocycles. The Morgan fingerprint density at radius 2 is 1.35 bits per heavy atom. The van der Waals surface area contributed by atoms with Gasteiger partial charge in [-0.15, -0.1) is 0 Å². The van der Waals surface area contributed by atoms with E-state index in [0.717, 1.165) is 12.1 Å². The molecule has 1 heterocycles. The van der Waals surface area contributed by atoms with Crippen LogP contribution in [0.5, 0.6) is 0 Å². The first-order valence-electron chi connectivity index (χ1n) is 9.78. The van der Waals surface area contributed by atoms with Gasteiger partial charge in [-0.3, -0.25) is 4.79 Å². The number of nitrogens with zero attached hydrogens (tertiary/aromatic N) is 3. The monoisotopic (exact) mass is 540 g/mol. The summed E-state index contributed by atoms with van der Waals surface area (Å²) in [6.07, 6.45) is 0. The number of rotatable bonds is 6. The van der Waals surface area contributed by atoms with Crippen molar-refractivity contribution in [2.45, 2.75) is 13.1 Å². The third kappa shape index (κ3) is 5.50. The topological polar surface area (TPSA) is 59.8 Å². The Bertz CT molecular complexity index is 1320. The van der Waals surface area contributed by atoms with Crippen LogP contribution in [0.25, 0.3) is 22.5 Å². The summed E-state index contributed by atoms with van der Waals surface area (Å²) in [6.45, 7) is -0.240. The van der Waals surface area contributed by atoms with Crippen LogP contribution in [-0.4, -0.2) is 20.9 Å². The molecule has 0 atom stereocenters. The van der Waals surface area contributed by atoms with Gasteiger partial charge >= 0.3 is 0 Å². The number of carbonyl (C=O) groups is 1. The zero-order chi connectivity index (χ0) is 24.4. The first kappa shape index (κ1) is 24.4. The molecule has 0 saturated carbocycles. The summed E-state index contributed by atoms with van der Waals surface area (Å²) in [5.74, 6) is -2.39. The zero-order valence-electron chi connectivity index (χ0n) is 17.1. The van der Waals surface area contributed by atoms with Crippen LogP contribution >= 0.6 is 46.4 Å². The summed E-state index contributed by atoms with van der Waals surface area (Å²) >= 11 is 24.8. The van der Waals surface area contributed by atoms with Crippen LogP contribution in [0, 0.1) is 11.6 Å². The number of hydrogen-bond donors (Lipinski definition) is 1. The van der Waals surface area contributed by atoms with E-state index in [-0.39, 0.29) is 13.1 Å². The number of nitrogens with one attached hydrogen (secondary N) is 1. The zero-order valence-corrected chi connectivity index (χ0v) is 20.2. The van der Waals surface area contributed by atoms with E-state index in [1.807, 2.05) is 0 Å². The van der Waals surface area contributed by atoms with Gasteiger partial charge in [0.2, 0.25) is 5.91 Å². The Hall–Kier alpha value is -2.71. The van der Waals surface area contributed by atoms with Gasteiger partial charge in [-0.05, 0) is 54.1 Å². The molecule has 11 heteroatoms. The molecule has 0 saturated heterocycles. The molecule has 1 amide bonds. The van der Waals surface area contributed by atoms with Crippen molar-refractivity contribution in [2.24, 2.45) is 0 Å². The van der Waals surface area contributed by atoms with E-state index >= 15 is 0 Å². The predicted octanol–water partition coefficient (Wildman–Crippen LogP) is 6.82. The number of benzene rings is 3. The number of hydrogen-bond acceptors (Lipinski definition) is 3. The van der Waals surface area contributed by atoms with Crippen molar-refractivity contribution in [3.63, 3.8) is 0 Å². The van der Waals surface area contributed by atoms with E-state index in [2.05, 4.69) is 15.5 Å². The first-order chi connectivity index (χ1) is 16.2. The second kappa shape index (κ2) is 10.3. The van der Waals surface area contributed by atoms with Crippen molar-refractivity contribution in [3.8, 4) is 22.5 Å². The molecule has 0 aliphatic carbocycles. The molecule has 0 radical (unpaired) electrons. The smallest absolute Gasteiger partial charge is 0.243 e. The van der Waals surface area contributed by atoms with Crippen molar-refractivity contribution in [2.75, 3.05) is 0 Å². The van der Waals surface area contributed by atoms with E-state index in [9.17, 15) is 13.6 Å². The molecule has 34 heavy (non-hydrogen) atoms. The second-order valence-electron chi connectivity index (χ2n) is 7.20. The third-order valence-corrected chi connectivity index (χ3v) is 5.88. The van der Waals surface area contributed by atoms with Crippen molar-refractivity contribution in [1.29, 1.82) is 0 Å². The fourth-order valence-corrected chi connectivity index (χ4v) is 4.18. The highest BCUT2D eigenvalue weighted by Gasteiger charge is 2.21. The number of aromatic nitrogens is 3. The fourth-order valence-electron chi connectivity index (χ4n) is 3.18. The van der Waals surface area contributed by atoms with Gasteiger partial charge in [-0.25, -0.2) is 8.78 Å². The fraction of sp³-hybridized carbons (Fsp3) is 0.0870. The average Bonchev–Trinajstić information content (AvgIpc) is 3.17. The lowest BCUT2D eigenvalue weighted by atomic mass is 10.0. The summed E-state index contributed by atoms with van der Waals surface area (Å²) in [4.78, 5) is 13.7. The lowest BCUT2D eigenvalue weighted by Gasteiger charge is -2.06. The van der Waals surface area contributed by atoms with Crippen molar-refractivity contribution >= 4 is 52.3 Å². The number of halogens is 6. The minimum Gasteiger partial charge on any atom is -0.350 e. The minimum atomic E-state index is -0.991. The predicted molar refractivity (Wildman–Crippen MR) is 129 cm³/mol. The van der Waals surface area contributed by atoms with Gasteiger partial charge in [0, 0.05) is 27.7 Å². The summed E-state index contributed by atoms with van der Waals surface area (Å²) in [7, 11) is 0. The largest absolute Gasteiger partial charge is 0.350 e. The lowest BCUT2D eigenvalue weighted by molar-refractivity contribution is -0.122. The molecule has 0 unspecified atom stereocenters. The molecule has 0 aliphatic heterocycles. The van der Waals surface area contributed by atoms with Crippen molar-refractivity contribution in [3.05, 3.63) is 91.9 Å². The van der Waals surface area contributed by atoms with Crippen LogP contribution in [0.15, 0.2) is 54.6 Å².